The van der Waals surface area contributed by atoms with Crippen LogP contribution in [0.5, 0.6) is 0 Å². The van der Waals surface area contributed by atoms with E-state index in [0.717, 1.165) is 37.1 Å². The molecular formula is C20H22ClN3O3. The third-order valence-corrected chi connectivity index (χ3v) is 5.28. The van der Waals surface area contributed by atoms with Gasteiger partial charge in [-0.3, -0.25) is 19.7 Å². The molecule has 0 spiro atoms. The number of carbonyl (C=O) groups is 3. The number of hydrogen-bond donors (Lipinski definition) is 2. The van der Waals surface area contributed by atoms with Crippen molar-refractivity contribution in [1.29, 1.82) is 0 Å². The zero-order valence-corrected chi connectivity index (χ0v) is 15.7. The molecule has 7 heteroatoms. The summed E-state index contributed by atoms with van der Waals surface area (Å²) in [6, 6.07) is 5.05. The fourth-order valence-corrected chi connectivity index (χ4v) is 3.80. The van der Waals surface area contributed by atoms with E-state index in [0.29, 0.717) is 24.4 Å². The number of nitrogens with zero attached hydrogens (tertiary/aromatic N) is 1. The maximum atomic E-state index is 12.7. The molecule has 1 atom stereocenters. The zero-order chi connectivity index (χ0) is 18.1. The molecule has 1 aromatic rings. The van der Waals surface area contributed by atoms with E-state index in [4.69, 9.17) is 0 Å². The van der Waals surface area contributed by atoms with E-state index >= 15 is 0 Å². The summed E-state index contributed by atoms with van der Waals surface area (Å²) in [7, 11) is 0. The van der Waals surface area contributed by atoms with E-state index in [1.54, 1.807) is 11.0 Å². The highest BCUT2D eigenvalue weighted by molar-refractivity contribution is 6.05. The van der Waals surface area contributed by atoms with Crippen molar-refractivity contribution >= 4 is 30.1 Å². The summed E-state index contributed by atoms with van der Waals surface area (Å²) in [4.78, 5) is 37.6. The number of halogens is 1. The largest absolute Gasteiger partial charge is 0.322 e. The van der Waals surface area contributed by atoms with Crippen LogP contribution in [0, 0.1) is 17.8 Å². The Bertz CT molecular complexity index is 837. The molecule has 4 rings (SSSR count). The number of rotatable bonds is 1. The van der Waals surface area contributed by atoms with Crippen LogP contribution in [0.1, 0.15) is 47.2 Å². The topological polar surface area (TPSA) is 78.5 Å². The number of benzene rings is 1. The van der Waals surface area contributed by atoms with Crippen molar-refractivity contribution in [2.24, 2.45) is 5.92 Å². The minimum Gasteiger partial charge on any atom is -0.322 e. The number of piperidine rings is 2. The Morgan fingerprint density at radius 2 is 1.85 bits per heavy atom. The van der Waals surface area contributed by atoms with Crippen molar-refractivity contribution in [1.82, 2.24) is 15.5 Å². The van der Waals surface area contributed by atoms with Crippen LogP contribution in [0.3, 0.4) is 0 Å². The number of imide groups is 1. The van der Waals surface area contributed by atoms with Crippen LogP contribution in [0.4, 0.5) is 0 Å². The van der Waals surface area contributed by atoms with Gasteiger partial charge >= 0.3 is 0 Å². The molecule has 0 aliphatic carbocycles. The lowest BCUT2D eigenvalue weighted by Gasteiger charge is -2.29. The average molecular weight is 388 g/mol. The Labute approximate surface area is 164 Å². The predicted octanol–water partition coefficient (Wildman–Crippen LogP) is 1.22. The lowest BCUT2D eigenvalue weighted by atomic mass is 9.98. The summed E-state index contributed by atoms with van der Waals surface area (Å²) in [6.45, 7) is 2.42. The molecule has 2 fully saturated rings. The molecule has 0 saturated carbocycles. The van der Waals surface area contributed by atoms with Gasteiger partial charge in [0.05, 0.1) is 0 Å². The molecular weight excluding hydrogens is 366 g/mol. The van der Waals surface area contributed by atoms with Crippen LogP contribution in [-0.4, -0.2) is 41.8 Å². The van der Waals surface area contributed by atoms with Gasteiger partial charge in [0, 0.05) is 30.0 Å². The zero-order valence-electron chi connectivity index (χ0n) is 14.9. The molecule has 3 aliphatic rings. The van der Waals surface area contributed by atoms with Crippen LogP contribution >= 0.6 is 12.4 Å². The smallest absolute Gasteiger partial charge is 0.255 e. The summed E-state index contributed by atoms with van der Waals surface area (Å²) in [5, 5.41) is 5.65. The van der Waals surface area contributed by atoms with Gasteiger partial charge in [0.2, 0.25) is 11.8 Å². The summed E-state index contributed by atoms with van der Waals surface area (Å²) in [5.74, 6) is 6.20. The fourth-order valence-electron chi connectivity index (χ4n) is 3.80. The van der Waals surface area contributed by atoms with Crippen molar-refractivity contribution in [2.45, 2.75) is 38.3 Å². The maximum absolute atomic E-state index is 12.7. The Morgan fingerprint density at radius 3 is 2.59 bits per heavy atom. The molecule has 0 aromatic heterocycles. The first-order chi connectivity index (χ1) is 12.6. The number of amides is 3. The number of nitrogens with one attached hydrogen (secondary N) is 2. The molecule has 1 unspecified atom stereocenters. The van der Waals surface area contributed by atoms with Crippen LogP contribution in [0.2, 0.25) is 0 Å². The van der Waals surface area contributed by atoms with Crippen molar-refractivity contribution in [3.05, 3.63) is 34.9 Å². The molecule has 0 radical (unpaired) electrons. The molecule has 2 saturated heterocycles. The van der Waals surface area contributed by atoms with Crippen LogP contribution in [0.25, 0.3) is 0 Å². The van der Waals surface area contributed by atoms with Gasteiger partial charge in [0.1, 0.15) is 6.04 Å². The van der Waals surface area contributed by atoms with Crippen molar-refractivity contribution in [2.75, 3.05) is 13.1 Å². The second kappa shape index (κ2) is 8.12. The quantitative estimate of drug-likeness (QED) is 0.561. The predicted molar refractivity (Wildman–Crippen MR) is 102 cm³/mol. The third kappa shape index (κ3) is 4.00. The van der Waals surface area contributed by atoms with Gasteiger partial charge in [-0.1, -0.05) is 11.8 Å². The molecule has 2 N–H and O–H groups in total. The lowest BCUT2D eigenvalue weighted by molar-refractivity contribution is -0.136. The van der Waals surface area contributed by atoms with Crippen molar-refractivity contribution in [3.8, 4) is 11.8 Å². The van der Waals surface area contributed by atoms with Gasteiger partial charge in [-0.2, -0.15) is 0 Å². The van der Waals surface area contributed by atoms with Gasteiger partial charge in [0.15, 0.2) is 0 Å². The molecule has 1 aromatic carbocycles. The number of hydrogen-bond acceptors (Lipinski definition) is 4. The van der Waals surface area contributed by atoms with Gasteiger partial charge in [-0.05, 0) is 56.1 Å². The average Bonchev–Trinajstić information content (AvgIpc) is 2.97. The van der Waals surface area contributed by atoms with E-state index in [-0.39, 0.29) is 36.5 Å². The summed E-state index contributed by atoms with van der Waals surface area (Å²) >= 11 is 0. The lowest BCUT2D eigenvalue weighted by Crippen LogP contribution is -2.52. The van der Waals surface area contributed by atoms with Gasteiger partial charge in [0.25, 0.3) is 5.91 Å². The second-order valence-electron chi connectivity index (χ2n) is 7.07. The van der Waals surface area contributed by atoms with Crippen LogP contribution < -0.4 is 10.6 Å². The van der Waals surface area contributed by atoms with Gasteiger partial charge < -0.3 is 10.2 Å². The maximum Gasteiger partial charge on any atom is 0.255 e. The SMILES string of the molecule is Cl.O=C1CCC(N2Cc3cc(C#CC4CCNCC4)ccc3C2=O)C(=O)N1. The fraction of sp³-hybridized carbons (Fsp3) is 0.450. The van der Waals surface area contributed by atoms with E-state index < -0.39 is 6.04 Å². The Balaban J connectivity index is 0.00000210. The number of carbonyl (C=O) groups excluding carboxylic acids is 3. The molecule has 27 heavy (non-hydrogen) atoms. The van der Waals surface area contributed by atoms with E-state index in [9.17, 15) is 14.4 Å². The Kier molecular flexibility index (Phi) is 5.83. The molecule has 0 bridgehead atoms. The Morgan fingerprint density at radius 1 is 1.07 bits per heavy atom. The van der Waals surface area contributed by atoms with E-state index in [1.165, 1.54) is 0 Å². The minimum absolute atomic E-state index is 0. The first-order valence-electron chi connectivity index (χ1n) is 9.11. The summed E-state index contributed by atoms with van der Waals surface area (Å²) in [5.41, 5.74) is 2.43. The monoisotopic (exact) mass is 387 g/mol. The van der Waals surface area contributed by atoms with Crippen LogP contribution in [0.15, 0.2) is 18.2 Å². The van der Waals surface area contributed by atoms with E-state index in [2.05, 4.69) is 22.5 Å². The molecule has 3 heterocycles. The Hall–Kier alpha value is -2.36. The number of fused-ring (bicyclic) bond motifs is 1. The normalized spacial score (nSPS) is 22.4. The molecule has 3 amide bonds. The molecule has 142 valence electrons. The highest BCUT2D eigenvalue weighted by atomic mass is 35.5. The van der Waals surface area contributed by atoms with Gasteiger partial charge in [-0.15, -0.1) is 12.4 Å². The minimum atomic E-state index is -0.572. The molecule has 3 aliphatic heterocycles. The second-order valence-corrected chi connectivity index (χ2v) is 7.07. The standard InChI is InChI=1S/C20H21N3O3.ClH/c24-18-6-5-17(19(25)22-18)23-12-15-11-14(3-4-16(15)20(23)26)2-1-13-7-9-21-10-8-13;/h3-4,11,13,17,21H,5-10,12H2,(H,22,24,25);1H. The highest BCUT2D eigenvalue weighted by Gasteiger charge is 2.38. The summed E-state index contributed by atoms with van der Waals surface area (Å²) < 4.78 is 0. The van der Waals surface area contributed by atoms with Crippen molar-refractivity contribution in [3.63, 3.8) is 0 Å². The van der Waals surface area contributed by atoms with Crippen molar-refractivity contribution < 1.29 is 14.4 Å². The first-order valence-corrected chi connectivity index (χ1v) is 9.11. The van der Waals surface area contributed by atoms with Crippen LogP contribution in [-0.2, 0) is 16.1 Å². The highest BCUT2D eigenvalue weighted by Crippen LogP contribution is 2.28. The summed E-state index contributed by atoms with van der Waals surface area (Å²) in [6.07, 6.45) is 2.79. The first kappa shape index (κ1) is 19.4. The third-order valence-electron chi connectivity index (χ3n) is 5.28. The van der Waals surface area contributed by atoms with E-state index in [1.807, 2.05) is 12.1 Å². The molecule has 6 nitrogen and oxygen atoms in total. The van der Waals surface area contributed by atoms with Gasteiger partial charge in [-0.25, -0.2) is 0 Å².